The molecule has 1 aromatic heterocycles. The van der Waals surface area contributed by atoms with Crippen molar-refractivity contribution >= 4 is 5.82 Å². The summed E-state index contributed by atoms with van der Waals surface area (Å²) in [5.74, 6) is 1.87. The number of aromatic nitrogens is 2. The van der Waals surface area contributed by atoms with E-state index >= 15 is 0 Å². The fourth-order valence-electron chi connectivity index (χ4n) is 2.80. The first-order valence-corrected chi connectivity index (χ1v) is 7.64. The van der Waals surface area contributed by atoms with Crippen LogP contribution >= 0.6 is 0 Å². The van der Waals surface area contributed by atoms with Gasteiger partial charge in [0.05, 0.1) is 0 Å². The van der Waals surface area contributed by atoms with E-state index in [4.69, 9.17) is 0 Å². The summed E-state index contributed by atoms with van der Waals surface area (Å²) < 4.78 is 0. The molecule has 1 aliphatic heterocycles. The molecule has 0 aliphatic carbocycles. The molecule has 1 atom stereocenters. The molecule has 112 valence electrons. The Morgan fingerprint density at radius 3 is 3.00 bits per heavy atom. The van der Waals surface area contributed by atoms with Gasteiger partial charge >= 0.3 is 0 Å². The smallest absolute Gasteiger partial charge is 0.252 e. The number of anilines is 1. The van der Waals surface area contributed by atoms with E-state index in [1.54, 1.807) is 6.07 Å². The lowest BCUT2D eigenvalue weighted by atomic mass is 9.99. The van der Waals surface area contributed by atoms with E-state index in [1.807, 2.05) is 7.05 Å². The standard InChI is InChI=1S/C15H26N4O/c1-11(2)15-17-13(10-14(20)18-15)19-9-5-4-6-12(19)7-8-16-3/h10-12,16H,4-9H2,1-3H3,(H,17,18,20). The fourth-order valence-corrected chi connectivity index (χ4v) is 2.80. The monoisotopic (exact) mass is 278 g/mol. The van der Waals surface area contributed by atoms with Gasteiger partial charge in [0.15, 0.2) is 0 Å². The summed E-state index contributed by atoms with van der Waals surface area (Å²) in [5, 5.41) is 3.21. The minimum absolute atomic E-state index is 0.0448. The summed E-state index contributed by atoms with van der Waals surface area (Å²) in [6, 6.07) is 2.13. The van der Waals surface area contributed by atoms with Gasteiger partial charge in [-0.2, -0.15) is 0 Å². The summed E-state index contributed by atoms with van der Waals surface area (Å²) in [5.41, 5.74) is -0.0448. The van der Waals surface area contributed by atoms with Crippen LogP contribution in [0.1, 0.15) is 51.3 Å². The van der Waals surface area contributed by atoms with Crippen molar-refractivity contribution in [3.8, 4) is 0 Å². The topological polar surface area (TPSA) is 61.0 Å². The third kappa shape index (κ3) is 3.60. The van der Waals surface area contributed by atoms with Crippen LogP contribution in [0.4, 0.5) is 5.82 Å². The van der Waals surface area contributed by atoms with E-state index < -0.39 is 0 Å². The summed E-state index contributed by atoms with van der Waals surface area (Å²) in [4.78, 5) is 21.7. The van der Waals surface area contributed by atoms with Gasteiger partial charge in [0.2, 0.25) is 0 Å². The molecule has 1 saturated heterocycles. The second-order valence-electron chi connectivity index (χ2n) is 5.88. The zero-order valence-corrected chi connectivity index (χ0v) is 12.8. The molecule has 2 N–H and O–H groups in total. The minimum atomic E-state index is -0.0448. The summed E-state index contributed by atoms with van der Waals surface area (Å²) in [6.07, 6.45) is 4.74. The second-order valence-corrected chi connectivity index (χ2v) is 5.88. The van der Waals surface area contributed by atoms with E-state index in [0.717, 1.165) is 31.2 Å². The Labute approximate surface area is 120 Å². The van der Waals surface area contributed by atoms with Crippen molar-refractivity contribution in [1.29, 1.82) is 0 Å². The van der Waals surface area contributed by atoms with Gasteiger partial charge in [0.25, 0.3) is 5.56 Å². The number of H-pyrrole nitrogens is 1. The molecule has 1 unspecified atom stereocenters. The highest BCUT2D eigenvalue weighted by Gasteiger charge is 2.24. The van der Waals surface area contributed by atoms with Gasteiger partial charge in [-0.15, -0.1) is 0 Å². The fraction of sp³-hybridized carbons (Fsp3) is 0.733. The van der Waals surface area contributed by atoms with Crippen LogP contribution in [0.5, 0.6) is 0 Å². The Bertz CT molecular complexity index is 483. The largest absolute Gasteiger partial charge is 0.353 e. The Balaban J connectivity index is 2.25. The van der Waals surface area contributed by atoms with Crippen molar-refractivity contribution in [2.75, 3.05) is 25.0 Å². The lowest BCUT2D eigenvalue weighted by Crippen LogP contribution is -2.42. The van der Waals surface area contributed by atoms with Gasteiger partial charge < -0.3 is 15.2 Å². The van der Waals surface area contributed by atoms with Crippen LogP contribution in [0.3, 0.4) is 0 Å². The Morgan fingerprint density at radius 2 is 2.30 bits per heavy atom. The number of hydrogen-bond acceptors (Lipinski definition) is 4. The van der Waals surface area contributed by atoms with Gasteiger partial charge in [0.1, 0.15) is 11.6 Å². The zero-order valence-electron chi connectivity index (χ0n) is 12.8. The van der Waals surface area contributed by atoms with Gasteiger partial charge in [0, 0.05) is 24.6 Å². The van der Waals surface area contributed by atoms with Crippen LogP contribution in [-0.2, 0) is 0 Å². The molecule has 2 heterocycles. The third-order valence-electron chi connectivity index (χ3n) is 3.94. The van der Waals surface area contributed by atoms with E-state index in [-0.39, 0.29) is 11.5 Å². The number of piperidine rings is 1. The third-order valence-corrected chi connectivity index (χ3v) is 3.94. The first-order valence-electron chi connectivity index (χ1n) is 7.64. The highest BCUT2D eigenvalue weighted by atomic mass is 16.1. The Morgan fingerprint density at radius 1 is 1.50 bits per heavy atom. The highest BCUT2D eigenvalue weighted by molar-refractivity contribution is 5.39. The van der Waals surface area contributed by atoms with E-state index in [0.29, 0.717) is 6.04 Å². The van der Waals surface area contributed by atoms with Crippen molar-refractivity contribution in [2.24, 2.45) is 0 Å². The zero-order chi connectivity index (χ0) is 14.5. The van der Waals surface area contributed by atoms with E-state index in [9.17, 15) is 4.79 Å². The Kier molecular flexibility index (Phi) is 5.17. The van der Waals surface area contributed by atoms with Crippen molar-refractivity contribution < 1.29 is 0 Å². The number of nitrogens with zero attached hydrogens (tertiary/aromatic N) is 2. The second kappa shape index (κ2) is 6.88. The highest BCUT2D eigenvalue weighted by Crippen LogP contribution is 2.24. The summed E-state index contributed by atoms with van der Waals surface area (Å²) >= 11 is 0. The first kappa shape index (κ1) is 15.0. The van der Waals surface area contributed by atoms with Crippen molar-refractivity contribution in [1.82, 2.24) is 15.3 Å². The maximum absolute atomic E-state index is 11.8. The predicted molar refractivity (Wildman–Crippen MR) is 82.5 cm³/mol. The average Bonchev–Trinajstić information content (AvgIpc) is 2.44. The van der Waals surface area contributed by atoms with Crippen LogP contribution in [0, 0.1) is 0 Å². The molecule has 1 aromatic rings. The molecule has 0 aromatic carbocycles. The van der Waals surface area contributed by atoms with Crippen molar-refractivity contribution in [2.45, 2.75) is 51.5 Å². The van der Waals surface area contributed by atoms with Crippen molar-refractivity contribution in [3.05, 3.63) is 22.2 Å². The van der Waals surface area contributed by atoms with Crippen LogP contribution in [0.15, 0.2) is 10.9 Å². The maximum atomic E-state index is 11.8. The van der Waals surface area contributed by atoms with Crippen LogP contribution < -0.4 is 15.8 Å². The van der Waals surface area contributed by atoms with E-state index in [1.165, 1.54) is 19.3 Å². The molecule has 20 heavy (non-hydrogen) atoms. The molecule has 1 fully saturated rings. The molecule has 0 amide bonds. The quantitative estimate of drug-likeness (QED) is 0.863. The van der Waals surface area contributed by atoms with Gasteiger partial charge in [-0.05, 0) is 39.3 Å². The maximum Gasteiger partial charge on any atom is 0.252 e. The molecular formula is C15H26N4O. The lowest BCUT2D eigenvalue weighted by Gasteiger charge is -2.37. The molecule has 0 spiro atoms. The molecule has 1 aliphatic rings. The van der Waals surface area contributed by atoms with E-state index in [2.05, 4.69) is 34.0 Å². The SMILES string of the molecule is CNCCC1CCCCN1c1cc(=O)[nH]c(C(C)C)n1. The number of nitrogens with one attached hydrogen (secondary N) is 2. The molecule has 0 radical (unpaired) electrons. The number of aromatic amines is 1. The summed E-state index contributed by atoms with van der Waals surface area (Å²) in [6.45, 7) is 6.11. The molecular weight excluding hydrogens is 252 g/mol. The van der Waals surface area contributed by atoms with Crippen LogP contribution in [0.2, 0.25) is 0 Å². The van der Waals surface area contributed by atoms with Gasteiger partial charge in [-0.1, -0.05) is 13.8 Å². The summed E-state index contributed by atoms with van der Waals surface area (Å²) in [7, 11) is 1.98. The van der Waals surface area contributed by atoms with Crippen LogP contribution in [0.25, 0.3) is 0 Å². The first-order chi connectivity index (χ1) is 9.61. The molecule has 0 saturated carbocycles. The average molecular weight is 278 g/mol. The minimum Gasteiger partial charge on any atom is -0.353 e. The molecule has 0 bridgehead atoms. The number of rotatable bonds is 5. The molecule has 5 heteroatoms. The van der Waals surface area contributed by atoms with Crippen molar-refractivity contribution in [3.63, 3.8) is 0 Å². The van der Waals surface area contributed by atoms with Crippen LogP contribution in [-0.4, -0.2) is 36.1 Å². The normalized spacial score (nSPS) is 19.6. The Hall–Kier alpha value is -1.36. The lowest BCUT2D eigenvalue weighted by molar-refractivity contribution is 0.429. The molecule has 5 nitrogen and oxygen atoms in total. The number of hydrogen-bond donors (Lipinski definition) is 2. The molecule has 2 rings (SSSR count). The predicted octanol–water partition coefficient (Wildman–Crippen LogP) is 1.86. The van der Waals surface area contributed by atoms with Gasteiger partial charge in [-0.3, -0.25) is 4.79 Å². The van der Waals surface area contributed by atoms with Gasteiger partial charge in [-0.25, -0.2) is 4.98 Å².